The molecule has 2 aromatic heterocycles. The van der Waals surface area contributed by atoms with E-state index in [0.717, 1.165) is 5.69 Å². The maximum absolute atomic E-state index is 5.96. The summed E-state index contributed by atoms with van der Waals surface area (Å²) in [7, 11) is 0. The first-order chi connectivity index (χ1) is 9.81. The standard InChI is InChI=1S/C10H7ClN8O/c11-5-2-1-3-6(4-5)12-7-9-14-17-18-19(9)10-8(13-7)15-20-16-10/h1-4,7,12H,(H,13,15). The number of hydrogen-bond donors (Lipinski definition) is 2. The van der Waals surface area contributed by atoms with Crippen molar-refractivity contribution in [1.82, 2.24) is 30.5 Å². The van der Waals surface area contributed by atoms with Crippen LogP contribution in [0.25, 0.3) is 5.82 Å². The fraction of sp³-hybridized carbons (Fsp3) is 0.100. The summed E-state index contributed by atoms with van der Waals surface area (Å²) in [6.07, 6.45) is -0.372. The molecule has 10 heteroatoms. The number of benzene rings is 1. The zero-order valence-corrected chi connectivity index (χ0v) is 10.6. The lowest BCUT2D eigenvalue weighted by Gasteiger charge is -2.23. The fourth-order valence-corrected chi connectivity index (χ4v) is 2.18. The lowest BCUT2D eigenvalue weighted by molar-refractivity contribution is 0.307. The fourth-order valence-electron chi connectivity index (χ4n) is 1.99. The van der Waals surface area contributed by atoms with E-state index in [-0.39, 0.29) is 6.17 Å². The van der Waals surface area contributed by atoms with Gasteiger partial charge in [0.2, 0.25) is 17.5 Å². The molecule has 1 aromatic carbocycles. The first kappa shape index (κ1) is 11.2. The predicted molar refractivity (Wildman–Crippen MR) is 68.4 cm³/mol. The Labute approximate surface area is 116 Å². The van der Waals surface area contributed by atoms with Crippen molar-refractivity contribution in [3.8, 4) is 5.82 Å². The summed E-state index contributed by atoms with van der Waals surface area (Å²) in [5.74, 6) is 1.44. The molecular formula is C10H7ClN8O. The van der Waals surface area contributed by atoms with Crippen molar-refractivity contribution in [2.24, 2.45) is 0 Å². The number of fused-ring (bicyclic) bond motifs is 3. The zero-order chi connectivity index (χ0) is 13.5. The number of halogens is 1. The van der Waals surface area contributed by atoms with E-state index < -0.39 is 0 Å². The smallest absolute Gasteiger partial charge is 0.245 e. The van der Waals surface area contributed by atoms with Crippen LogP contribution in [0.2, 0.25) is 5.02 Å². The SMILES string of the molecule is Clc1cccc(NC2Nc3nonc3-n3nnnc32)c1. The normalized spacial score (nSPS) is 16.1. The molecule has 0 radical (unpaired) electrons. The van der Waals surface area contributed by atoms with E-state index in [9.17, 15) is 0 Å². The van der Waals surface area contributed by atoms with Crippen LogP contribution >= 0.6 is 11.6 Å². The van der Waals surface area contributed by atoms with Crippen LogP contribution in [0.3, 0.4) is 0 Å². The van der Waals surface area contributed by atoms with E-state index in [0.29, 0.717) is 22.5 Å². The zero-order valence-electron chi connectivity index (χ0n) is 9.86. The first-order valence-electron chi connectivity index (χ1n) is 5.71. The average Bonchev–Trinajstić information content (AvgIpc) is 3.06. The maximum Gasteiger partial charge on any atom is 0.245 e. The second-order valence-electron chi connectivity index (χ2n) is 4.12. The maximum atomic E-state index is 5.96. The van der Waals surface area contributed by atoms with Gasteiger partial charge in [-0.25, -0.2) is 4.63 Å². The molecule has 0 amide bonds. The minimum absolute atomic E-state index is 0.372. The van der Waals surface area contributed by atoms with Gasteiger partial charge in [0.05, 0.1) is 0 Å². The molecule has 3 heterocycles. The summed E-state index contributed by atoms with van der Waals surface area (Å²) in [6, 6.07) is 7.33. The van der Waals surface area contributed by atoms with Crippen LogP contribution < -0.4 is 10.6 Å². The Morgan fingerprint density at radius 1 is 1.35 bits per heavy atom. The quantitative estimate of drug-likeness (QED) is 0.726. The number of nitrogens with one attached hydrogen (secondary N) is 2. The van der Waals surface area contributed by atoms with Gasteiger partial charge in [0, 0.05) is 10.7 Å². The van der Waals surface area contributed by atoms with Crippen molar-refractivity contribution in [1.29, 1.82) is 0 Å². The van der Waals surface area contributed by atoms with Gasteiger partial charge in [-0.1, -0.05) is 17.7 Å². The number of hydrogen-bond acceptors (Lipinski definition) is 8. The highest BCUT2D eigenvalue weighted by Gasteiger charge is 2.31. The molecule has 1 unspecified atom stereocenters. The van der Waals surface area contributed by atoms with E-state index in [4.69, 9.17) is 11.6 Å². The van der Waals surface area contributed by atoms with Crippen molar-refractivity contribution >= 4 is 23.1 Å². The molecule has 0 aliphatic carbocycles. The number of aromatic nitrogens is 6. The van der Waals surface area contributed by atoms with Crippen molar-refractivity contribution in [2.75, 3.05) is 10.6 Å². The van der Waals surface area contributed by atoms with Gasteiger partial charge in [-0.2, -0.15) is 4.68 Å². The molecule has 1 atom stereocenters. The van der Waals surface area contributed by atoms with Crippen LogP contribution in [0.4, 0.5) is 11.5 Å². The Kier molecular flexibility index (Phi) is 2.33. The highest BCUT2D eigenvalue weighted by atomic mass is 35.5. The minimum atomic E-state index is -0.372. The minimum Gasteiger partial charge on any atom is -0.359 e. The van der Waals surface area contributed by atoms with Crippen LogP contribution in [-0.2, 0) is 0 Å². The van der Waals surface area contributed by atoms with Gasteiger partial charge in [-0.15, -0.1) is 5.10 Å². The van der Waals surface area contributed by atoms with Gasteiger partial charge in [0.15, 0.2) is 6.17 Å². The van der Waals surface area contributed by atoms with E-state index in [1.807, 2.05) is 12.1 Å². The predicted octanol–water partition coefficient (Wildman–Crippen LogP) is 1.23. The Balaban J connectivity index is 1.71. The van der Waals surface area contributed by atoms with Crippen molar-refractivity contribution < 1.29 is 4.63 Å². The average molecular weight is 291 g/mol. The van der Waals surface area contributed by atoms with Crippen LogP contribution in [0.5, 0.6) is 0 Å². The third-order valence-electron chi connectivity index (χ3n) is 2.84. The summed E-state index contributed by atoms with van der Waals surface area (Å²) < 4.78 is 6.15. The Morgan fingerprint density at radius 3 is 3.20 bits per heavy atom. The van der Waals surface area contributed by atoms with Gasteiger partial charge < -0.3 is 10.6 Å². The molecular weight excluding hydrogens is 284 g/mol. The van der Waals surface area contributed by atoms with Crippen molar-refractivity contribution in [2.45, 2.75) is 6.17 Å². The molecule has 0 fully saturated rings. The molecule has 0 saturated carbocycles. The molecule has 0 spiro atoms. The summed E-state index contributed by atoms with van der Waals surface area (Å²) in [4.78, 5) is 0. The molecule has 1 aliphatic rings. The van der Waals surface area contributed by atoms with Crippen LogP contribution in [0, 0.1) is 0 Å². The van der Waals surface area contributed by atoms with Gasteiger partial charge in [-0.3, -0.25) is 0 Å². The largest absolute Gasteiger partial charge is 0.359 e. The number of nitrogens with zero attached hydrogens (tertiary/aromatic N) is 6. The lowest BCUT2D eigenvalue weighted by Crippen LogP contribution is -2.28. The highest BCUT2D eigenvalue weighted by molar-refractivity contribution is 6.30. The van der Waals surface area contributed by atoms with Crippen LogP contribution in [-0.4, -0.2) is 30.5 Å². The molecule has 2 N–H and O–H groups in total. The molecule has 3 aromatic rings. The van der Waals surface area contributed by atoms with Gasteiger partial charge in [-0.05, 0) is 38.9 Å². The number of tetrazole rings is 1. The van der Waals surface area contributed by atoms with Gasteiger partial charge >= 0.3 is 0 Å². The molecule has 0 bridgehead atoms. The van der Waals surface area contributed by atoms with Crippen LogP contribution in [0.1, 0.15) is 12.0 Å². The highest BCUT2D eigenvalue weighted by Crippen LogP contribution is 2.29. The molecule has 100 valence electrons. The van der Waals surface area contributed by atoms with E-state index >= 15 is 0 Å². The lowest BCUT2D eigenvalue weighted by atomic mass is 10.3. The molecule has 0 saturated heterocycles. The Morgan fingerprint density at radius 2 is 2.30 bits per heavy atom. The summed E-state index contributed by atoms with van der Waals surface area (Å²) in [5, 5.41) is 26.0. The first-order valence-corrected chi connectivity index (χ1v) is 6.09. The Bertz CT molecular complexity index is 768. The van der Waals surface area contributed by atoms with Crippen molar-refractivity contribution in [3.63, 3.8) is 0 Å². The van der Waals surface area contributed by atoms with E-state index in [1.165, 1.54) is 4.68 Å². The summed E-state index contributed by atoms with van der Waals surface area (Å²) in [6.45, 7) is 0. The summed E-state index contributed by atoms with van der Waals surface area (Å²) in [5.41, 5.74) is 0.824. The van der Waals surface area contributed by atoms with Gasteiger partial charge in [0.1, 0.15) is 0 Å². The van der Waals surface area contributed by atoms with E-state index in [1.54, 1.807) is 12.1 Å². The molecule has 9 nitrogen and oxygen atoms in total. The molecule has 4 rings (SSSR count). The molecule has 20 heavy (non-hydrogen) atoms. The third-order valence-corrected chi connectivity index (χ3v) is 3.08. The Hall–Kier alpha value is -2.68. The molecule has 1 aliphatic heterocycles. The van der Waals surface area contributed by atoms with Gasteiger partial charge in [0.25, 0.3) is 0 Å². The second-order valence-corrected chi connectivity index (χ2v) is 4.55. The van der Waals surface area contributed by atoms with E-state index in [2.05, 4.69) is 41.1 Å². The topological polar surface area (TPSA) is 107 Å². The third kappa shape index (κ3) is 1.67. The number of anilines is 2. The van der Waals surface area contributed by atoms with Crippen molar-refractivity contribution in [3.05, 3.63) is 35.1 Å². The number of rotatable bonds is 2. The van der Waals surface area contributed by atoms with Crippen LogP contribution in [0.15, 0.2) is 28.9 Å². The second kappa shape index (κ2) is 4.17. The summed E-state index contributed by atoms with van der Waals surface area (Å²) >= 11 is 5.96. The monoisotopic (exact) mass is 290 g/mol.